The van der Waals surface area contributed by atoms with Gasteiger partial charge < -0.3 is 15.1 Å². The Kier molecular flexibility index (Phi) is 6.91. The van der Waals surface area contributed by atoms with Crippen molar-refractivity contribution in [2.45, 2.75) is 45.1 Å². The Labute approximate surface area is 163 Å². The predicted octanol–water partition coefficient (Wildman–Crippen LogP) is 3.14. The second-order valence-corrected chi connectivity index (χ2v) is 7.45. The van der Waals surface area contributed by atoms with E-state index in [2.05, 4.69) is 58.5 Å². The summed E-state index contributed by atoms with van der Waals surface area (Å²) in [6, 6.07) is 10.9. The molecule has 0 radical (unpaired) electrons. The van der Waals surface area contributed by atoms with Crippen molar-refractivity contribution in [3.8, 4) is 0 Å². The summed E-state index contributed by atoms with van der Waals surface area (Å²) in [5.41, 5.74) is 2.71. The Morgan fingerprint density at radius 3 is 2.70 bits per heavy atom. The summed E-state index contributed by atoms with van der Waals surface area (Å²) in [7, 11) is 1.81. The number of carbonyl (C=O) groups excluding carboxylic acids is 1. The molecule has 27 heavy (non-hydrogen) atoms. The van der Waals surface area contributed by atoms with E-state index in [9.17, 15) is 4.79 Å². The van der Waals surface area contributed by atoms with Crippen LogP contribution in [0.2, 0.25) is 0 Å². The minimum absolute atomic E-state index is 0.259. The molecule has 3 rings (SSSR count). The summed E-state index contributed by atoms with van der Waals surface area (Å²) in [5, 5.41) is 3.38. The fraction of sp³-hybridized carbons (Fsp3) is 0.545. The van der Waals surface area contributed by atoms with E-state index in [1.165, 1.54) is 17.6 Å². The van der Waals surface area contributed by atoms with E-state index in [4.69, 9.17) is 0 Å². The molecule has 2 aliphatic heterocycles. The van der Waals surface area contributed by atoms with E-state index in [1.807, 2.05) is 11.9 Å². The SMILES string of the molecule is CN=C(NCCC(=O)N1CCCCC1C)N1CC=C(c2ccccc2)CC1. The molecule has 0 aromatic heterocycles. The average molecular weight is 369 g/mol. The molecular weight excluding hydrogens is 336 g/mol. The largest absolute Gasteiger partial charge is 0.356 e. The van der Waals surface area contributed by atoms with E-state index in [0.29, 0.717) is 19.0 Å². The molecule has 0 aliphatic carbocycles. The number of hydrogen-bond donors (Lipinski definition) is 1. The first-order chi connectivity index (χ1) is 13.2. The van der Waals surface area contributed by atoms with Gasteiger partial charge in [0.2, 0.25) is 5.91 Å². The smallest absolute Gasteiger partial charge is 0.224 e. The summed E-state index contributed by atoms with van der Waals surface area (Å²) in [4.78, 5) is 21.2. The molecule has 0 bridgehead atoms. The predicted molar refractivity (Wildman–Crippen MR) is 112 cm³/mol. The Morgan fingerprint density at radius 2 is 2.04 bits per heavy atom. The quantitative estimate of drug-likeness (QED) is 0.656. The molecule has 2 aliphatic rings. The van der Waals surface area contributed by atoms with Crippen LogP contribution in [0.15, 0.2) is 41.4 Å². The van der Waals surface area contributed by atoms with E-state index in [0.717, 1.165) is 44.9 Å². The minimum atomic E-state index is 0.259. The van der Waals surface area contributed by atoms with Gasteiger partial charge in [-0.2, -0.15) is 0 Å². The van der Waals surface area contributed by atoms with Gasteiger partial charge in [-0.3, -0.25) is 9.79 Å². The van der Waals surface area contributed by atoms with E-state index >= 15 is 0 Å². The summed E-state index contributed by atoms with van der Waals surface area (Å²) >= 11 is 0. The Bertz CT molecular complexity index is 683. The van der Waals surface area contributed by atoms with Crippen molar-refractivity contribution in [1.82, 2.24) is 15.1 Å². The lowest BCUT2D eigenvalue weighted by atomic mass is 10.00. The molecule has 146 valence electrons. The number of benzene rings is 1. The summed E-state index contributed by atoms with van der Waals surface area (Å²) in [6.45, 7) is 5.50. The molecule has 5 nitrogen and oxygen atoms in total. The fourth-order valence-corrected chi connectivity index (χ4v) is 4.00. The number of nitrogens with zero attached hydrogens (tertiary/aromatic N) is 3. The molecule has 2 heterocycles. The van der Waals surface area contributed by atoms with Crippen molar-refractivity contribution in [1.29, 1.82) is 0 Å². The number of guanidine groups is 1. The first-order valence-corrected chi connectivity index (χ1v) is 10.2. The van der Waals surface area contributed by atoms with Crippen LogP contribution in [0.1, 0.15) is 44.6 Å². The first-order valence-electron chi connectivity index (χ1n) is 10.2. The first kappa shape index (κ1) is 19.5. The van der Waals surface area contributed by atoms with Gasteiger partial charge in [0, 0.05) is 45.7 Å². The van der Waals surface area contributed by atoms with Crippen LogP contribution in [0, 0.1) is 0 Å². The summed E-state index contributed by atoms with van der Waals surface area (Å²) < 4.78 is 0. The van der Waals surface area contributed by atoms with Crippen LogP contribution in [0.25, 0.3) is 5.57 Å². The number of amides is 1. The van der Waals surface area contributed by atoms with Crippen LogP contribution in [-0.4, -0.2) is 60.9 Å². The highest BCUT2D eigenvalue weighted by Gasteiger charge is 2.23. The van der Waals surface area contributed by atoms with Crippen molar-refractivity contribution in [3.63, 3.8) is 0 Å². The second-order valence-electron chi connectivity index (χ2n) is 7.45. The van der Waals surface area contributed by atoms with E-state index in [1.54, 1.807) is 0 Å². The van der Waals surface area contributed by atoms with Crippen LogP contribution in [0.4, 0.5) is 0 Å². The fourth-order valence-electron chi connectivity index (χ4n) is 4.00. The summed E-state index contributed by atoms with van der Waals surface area (Å²) in [5.74, 6) is 1.15. The third-order valence-corrected chi connectivity index (χ3v) is 5.61. The monoisotopic (exact) mass is 368 g/mol. The molecule has 5 heteroatoms. The topological polar surface area (TPSA) is 47.9 Å². The zero-order valence-corrected chi connectivity index (χ0v) is 16.7. The molecule has 1 N–H and O–H groups in total. The Balaban J connectivity index is 1.47. The van der Waals surface area contributed by atoms with Gasteiger partial charge in [0.1, 0.15) is 0 Å². The number of nitrogens with one attached hydrogen (secondary N) is 1. The van der Waals surface area contributed by atoms with Crippen molar-refractivity contribution in [2.24, 2.45) is 4.99 Å². The zero-order valence-electron chi connectivity index (χ0n) is 16.7. The van der Waals surface area contributed by atoms with Crippen LogP contribution in [-0.2, 0) is 4.79 Å². The number of carbonyl (C=O) groups is 1. The molecule has 1 unspecified atom stereocenters. The Hall–Kier alpha value is -2.30. The summed E-state index contributed by atoms with van der Waals surface area (Å²) in [6.07, 6.45) is 7.33. The zero-order chi connectivity index (χ0) is 19.1. The van der Waals surface area contributed by atoms with Crippen molar-refractivity contribution in [2.75, 3.05) is 33.2 Å². The highest BCUT2D eigenvalue weighted by molar-refractivity contribution is 5.82. The third kappa shape index (κ3) is 5.12. The normalized spacial score (nSPS) is 21.0. The molecule has 1 amide bonds. The van der Waals surface area contributed by atoms with Crippen molar-refractivity contribution < 1.29 is 4.79 Å². The molecule has 1 aromatic rings. The second kappa shape index (κ2) is 9.58. The van der Waals surface area contributed by atoms with Crippen molar-refractivity contribution >= 4 is 17.4 Å². The van der Waals surface area contributed by atoms with Gasteiger partial charge in [-0.15, -0.1) is 0 Å². The lowest BCUT2D eigenvalue weighted by Gasteiger charge is -2.34. The third-order valence-electron chi connectivity index (χ3n) is 5.61. The maximum atomic E-state index is 12.5. The number of rotatable bonds is 4. The van der Waals surface area contributed by atoms with Crippen LogP contribution < -0.4 is 5.32 Å². The maximum Gasteiger partial charge on any atom is 0.224 e. The average Bonchev–Trinajstić information content (AvgIpc) is 2.72. The number of hydrogen-bond acceptors (Lipinski definition) is 2. The van der Waals surface area contributed by atoms with Gasteiger partial charge in [-0.1, -0.05) is 36.4 Å². The van der Waals surface area contributed by atoms with Crippen LogP contribution >= 0.6 is 0 Å². The van der Waals surface area contributed by atoms with Crippen LogP contribution in [0.5, 0.6) is 0 Å². The maximum absolute atomic E-state index is 12.5. The molecule has 1 fully saturated rings. The van der Waals surface area contributed by atoms with Gasteiger partial charge in [0.15, 0.2) is 5.96 Å². The molecule has 0 spiro atoms. The minimum Gasteiger partial charge on any atom is -0.356 e. The molecule has 1 aromatic carbocycles. The van der Waals surface area contributed by atoms with Gasteiger partial charge in [0.05, 0.1) is 0 Å². The Morgan fingerprint density at radius 1 is 1.22 bits per heavy atom. The molecular formula is C22H32N4O. The molecule has 1 saturated heterocycles. The van der Waals surface area contributed by atoms with Crippen LogP contribution in [0.3, 0.4) is 0 Å². The van der Waals surface area contributed by atoms with Crippen molar-refractivity contribution in [3.05, 3.63) is 42.0 Å². The van der Waals surface area contributed by atoms with E-state index in [-0.39, 0.29) is 5.91 Å². The van der Waals surface area contributed by atoms with Gasteiger partial charge in [-0.05, 0) is 43.7 Å². The highest BCUT2D eigenvalue weighted by atomic mass is 16.2. The number of aliphatic imine (C=N–C) groups is 1. The lowest BCUT2D eigenvalue weighted by molar-refractivity contribution is -0.134. The van der Waals surface area contributed by atoms with Gasteiger partial charge >= 0.3 is 0 Å². The van der Waals surface area contributed by atoms with Gasteiger partial charge in [-0.25, -0.2) is 0 Å². The lowest BCUT2D eigenvalue weighted by Crippen LogP contribution is -2.46. The van der Waals surface area contributed by atoms with Gasteiger partial charge in [0.25, 0.3) is 0 Å². The highest BCUT2D eigenvalue weighted by Crippen LogP contribution is 2.22. The number of piperidine rings is 1. The standard InChI is InChI=1S/C22H32N4O/c1-18-8-6-7-15-26(18)21(27)11-14-24-22(23-2)25-16-12-20(13-17-25)19-9-4-3-5-10-19/h3-5,9-10,12,18H,6-8,11,13-17H2,1-2H3,(H,23,24). The van der Waals surface area contributed by atoms with E-state index < -0.39 is 0 Å². The number of likely N-dealkylation sites (tertiary alicyclic amines) is 1. The molecule has 0 saturated carbocycles. The molecule has 1 atom stereocenters.